The van der Waals surface area contributed by atoms with Crippen LogP contribution in [0.3, 0.4) is 0 Å². The van der Waals surface area contributed by atoms with Gasteiger partial charge in [0.2, 0.25) is 15.8 Å². The first-order valence-electron chi connectivity index (χ1n) is 7.19. The van der Waals surface area contributed by atoms with Crippen molar-refractivity contribution < 1.29 is 26.1 Å². The van der Waals surface area contributed by atoms with Crippen LogP contribution >= 0.6 is 11.3 Å². The zero-order valence-electron chi connectivity index (χ0n) is 13.3. The standard InChI is InChI=1S/C15H12F3N3O3S2/c1-21(26(22,23)11-5-3-2-4-6-11)9-10-7-8-12(25-10)13-19-14(24-20-13)15(16,17)18/h2-8H,9H2,1H3. The summed E-state index contributed by atoms with van der Waals surface area (Å²) in [6.07, 6.45) is -4.71. The van der Waals surface area contributed by atoms with Crippen molar-refractivity contribution in [2.75, 3.05) is 7.05 Å². The van der Waals surface area contributed by atoms with Crippen molar-refractivity contribution in [2.45, 2.75) is 17.6 Å². The predicted octanol–water partition coefficient (Wildman–Crippen LogP) is 3.64. The second-order valence-corrected chi connectivity index (χ2v) is 8.47. The summed E-state index contributed by atoms with van der Waals surface area (Å²) in [7, 11) is -2.24. The fourth-order valence-electron chi connectivity index (χ4n) is 2.10. The van der Waals surface area contributed by atoms with Crippen LogP contribution in [-0.2, 0) is 22.7 Å². The van der Waals surface area contributed by atoms with Gasteiger partial charge in [0.1, 0.15) is 0 Å². The van der Waals surface area contributed by atoms with Crippen molar-refractivity contribution in [1.29, 1.82) is 0 Å². The molecule has 2 heterocycles. The van der Waals surface area contributed by atoms with Crippen molar-refractivity contribution in [3.8, 4) is 10.7 Å². The molecule has 0 amide bonds. The monoisotopic (exact) mass is 403 g/mol. The summed E-state index contributed by atoms with van der Waals surface area (Å²) >= 11 is 1.09. The number of halogens is 3. The fraction of sp³-hybridized carbons (Fsp3) is 0.200. The van der Waals surface area contributed by atoms with Gasteiger partial charge < -0.3 is 4.52 Å². The van der Waals surface area contributed by atoms with Crippen LogP contribution in [0.2, 0.25) is 0 Å². The number of hydrogen-bond acceptors (Lipinski definition) is 6. The van der Waals surface area contributed by atoms with Gasteiger partial charge in [-0.1, -0.05) is 23.4 Å². The Balaban J connectivity index is 1.77. The summed E-state index contributed by atoms with van der Waals surface area (Å²) in [4.78, 5) is 4.45. The van der Waals surface area contributed by atoms with Gasteiger partial charge in [-0.15, -0.1) is 11.3 Å². The summed E-state index contributed by atoms with van der Waals surface area (Å²) in [6, 6.07) is 11.1. The first-order chi connectivity index (χ1) is 12.2. The molecule has 0 N–H and O–H groups in total. The summed E-state index contributed by atoms with van der Waals surface area (Å²) in [5.41, 5.74) is 0. The minimum atomic E-state index is -4.71. The average molecular weight is 403 g/mol. The highest BCUT2D eigenvalue weighted by atomic mass is 32.2. The molecule has 1 aromatic carbocycles. The van der Waals surface area contributed by atoms with Gasteiger partial charge in [-0.25, -0.2) is 8.42 Å². The van der Waals surface area contributed by atoms with E-state index in [-0.39, 0.29) is 17.3 Å². The smallest absolute Gasteiger partial charge is 0.329 e. The zero-order chi connectivity index (χ0) is 18.9. The fourth-order valence-corrected chi connectivity index (χ4v) is 4.34. The van der Waals surface area contributed by atoms with Gasteiger partial charge in [0, 0.05) is 18.5 Å². The molecular weight excluding hydrogens is 391 g/mol. The molecule has 0 aliphatic carbocycles. The molecule has 0 bridgehead atoms. The van der Waals surface area contributed by atoms with Crippen LogP contribution in [-0.4, -0.2) is 29.9 Å². The largest absolute Gasteiger partial charge is 0.471 e. The second kappa shape index (κ2) is 6.82. The molecule has 0 aliphatic heterocycles. The van der Waals surface area contributed by atoms with E-state index in [9.17, 15) is 21.6 Å². The maximum absolute atomic E-state index is 12.5. The Labute approximate surface area is 150 Å². The van der Waals surface area contributed by atoms with E-state index in [4.69, 9.17) is 0 Å². The Morgan fingerprint density at radius 3 is 2.46 bits per heavy atom. The molecule has 0 unspecified atom stereocenters. The number of benzene rings is 1. The van der Waals surface area contributed by atoms with E-state index in [0.717, 1.165) is 15.6 Å². The number of alkyl halides is 3. The molecule has 26 heavy (non-hydrogen) atoms. The Hall–Kier alpha value is -2.24. The highest BCUT2D eigenvalue weighted by Gasteiger charge is 2.38. The van der Waals surface area contributed by atoms with E-state index >= 15 is 0 Å². The van der Waals surface area contributed by atoms with Gasteiger partial charge in [-0.2, -0.15) is 22.5 Å². The van der Waals surface area contributed by atoms with Crippen molar-refractivity contribution in [3.63, 3.8) is 0 Å². The second-order valence-electron chi connectivity index (χ2n) is 5.26. The normalized spacial score (nSPS) is 12.7. The third-order valence-corrected chi connectivity index (χ3v) is 6.26. The van der Waals surface area contributed by atoms with Gasteiger partial charge in [0.25, 0.3) is 0 Å². The van der Waals surface area contributed by atoms with Crippen molar-refractivity contribution in [3.05, 3.63) is 53.2 Å². The molecule has 0 fully saturated rings. The third kappa shape index (κ3) is 3.79. The number of sulfonamides is 1. The number of hydrogen-bond donors (Lipinski definition) is 0. The molecule has 0 spiro atoms. The van der Waals surface area contributed by atoms with Crippen LogP contribution in [0.5, 0.6) is 0 Å². The van der Waals surface area contributed by atoms with E-state index in [1.54, 1.807) is 24.3 Å². The van der Waals surface area contributed by atoms with Crippen molar-refractivity contribution >= 4 is 21.4 Å². The molecule has 0 radical (unpaired) electrons. The Kier molecular flexibility index (Phi) is 4.86. The minimum absolute atomic E-state index is 0.0614. The lowest BCUT2D eigenvalue weighted by molar-refractivity contribution is -0.159. The quantitative estimate of drug-likeness (QED) is 0.650. The zero-order valence-corrected chi connectivity index (χ0v) is 14.9. The topological polar surface area (TPSA) is 76.3 Å². The predicted molar refractivity (Wildman–Crippen MR) is 87.7 cm³/mol. The van der Waals surface area contributed by atoms with E-state index in [1.807, 2.05) is 0 Å². The van der Waals surface area contributed by atoms with E-state index < -0.39 is 22.1 Å². The number of aromatic nitrogens is 2. The lowest BCUT2D eigenvalue weighted by Crippen LogP contribution is -2.26. The van der Waals surface area contributed by atoms with E-state index in [1.165, 1.54) is 25.2 Å². The number of rotatable bonds is 5. The van der Waals surface area contributed by atoms with Crippen molar-refractivity contribution in [2.24, 2.45) is 0 Å². The molecule has 6 nitrogen and oxygen atoms in total. The molecule has 0 saturated heterocycles. The Morgan fingerprint density at radius 2 is 1.85 bits per heavy atom. The average Bonchev–Trinajstić information content (AvgIpc) is 3.24. The summed E-state index contributed by atoms with van der Waals surface area (Å²) < 4.78 is 67.9. The molecule has 3 rings (SSSR count). The maximum Gasteiger partial charge on any atom is 0.471 e. The van der Waals surface area contributed by atoms with Gasteiger partial charge >= 0.3 is 12.1 Å². The first-order valence-corrected chi connectivity index (χ1v) is 9.45. The minimum Gasteiger partial charge on any atom is -0.329 e. The lowest BCUT2D eigenvalue weighted by Gasteiger charge is -2.16. The summed E-state index contributed by atoms with van der Waals surface area (Å²) in [5.74, 6) is -1.62. The van der Waals surface area contributed by atoms with Gasteiger partial charge in [0.15, 0.2) is 0 Å². The van der Waals surface area contributed by atoms with Crippen LogP contribution in [0.15, 0.2) is 51.9 Å². The van der Waals surface area contributed by atoms with Crippen LogP contribution in [0.4, 0.5) is 13.2 Å². The highest BCUT2D eigenvalue weighted by Crippen LogP contribution is 2.32. The molecular formula is C15H12F3N3O3S2. The van der Waals surface area contributed by atoms with Crippen LogP contribution in [0.1, 0.15) is 10.8 Å². The summed E-state index contributed by atoms with van der Waals surface area (Å²) in [6.45, 7) is 0.0614. The van der Waals surface area contributed by atoms with E-state index in [0.29, 0.717) is 9.75 Å². The molecule has 3 aromatic rings. The molecule has 2 aromatic heterocycles. The van der Waals surface area contributed by atoms with Gasteiger partial charge in [-0.3, -0.25) is 0 Å². The van der Waals surface area contributed by atoms with Gasteiger partial charge in [-0.05, 0) is 24.3 Å². The molecule has 138 valence electrons. The van der Waals surface area contributed by atoms with Crippen LogP contribution in [0, 0.1) is 0 Å². The van der Waals surface area contributed by atoms with Crippen LogP contribution < -0.4 is 0 Å². The molecule has 0 atom stereocenters. The third-order valence-electron chi connectivity index (χ3n) is 3.38. The molecule has 11 heteroatoms. The molecule has 0 saturated carbocycles. The van der Waals surface area contributed by atoms with Crippen molar-refractivity contribution in [1.82, 2.24) is 14.4 Å². The Bertz CT molecular complexity index is 998. The number of nitrogens with zero attached hydrogens (tertiary/aromatic N) is 3. The Morgan fingerprint density at radius 1 is 1.15 bits per heavy atom. The van der Waals surface area contributed by atoms with Gasteiger partial charge in [0.05, 0.1) is 9.77 Å². The van der Waals surface area contributed by atoms with E-state index in [2.05, 4.69) is 14.7 Å². The lowest BCUT2D eigenvalue weighted by atomic mass is 10.4. The summed E-state index contributed by atoms with van der Waals surface area (Å²) in [5, 5.41) is 3.31. The highest BCUT2D eigenvalue weighted by molar-refractivity contribution is 7.89. The maximum atomic E-state index is 12.5. The number of thiophene rings is 1. The molecule has 0 aliphatic rings. The SMILES string of the molecule is CN(Cc1ccc(-c2noc(C(F)(F)F)n2)s1)S(=O)(=O)c1ccccc1. The first kappa shape index (κ1) is 18.5. The van der Waals surface area contributed by atoms with Crippen LogP contribution in [0.25, 0.3) is 10.7 Å².